The highest BCUT2D eigenvalue weighted by Crippen LogP contribution is 2.51. The van der Waals surface area contributed by atoms with Crippen molar-refractivity contribution in [3.63, 3.8) is 0 Å². The molecule has 2 aliphatic rings. The third-order valence-electron chi connectivity index (χ3n) is 5.88. The summed E-state index contributed by atoms with van der Waals surface area (Å²) < 4.78 is 5.13. The number of fused-ring (bicyclic) bond motifs is 1. The number of likely N-dealkylation sites (tertiary alicyclic amines) is 1. The van der Waals surface area contributed by atoms with E-state index in [4.69, 9.17) is 4.74 Å². The Morgan fingerprint density at radius 1 is 1.24 bits per heavy atom. The third kappa shape index (κ3) is 2.94. The van der Waals surface area contributed by atoms with Gasteiger partial charge in [-0.3, -0.25) is 24.6 Å². The Kier molecular flexibility index (Phi) is 4.92. The largest absolute Gasteiger partial charge is 0.508 e. The molecule has 8 heteroatoms. The number of nitrogens with one attached hydrogen (secondary N) is 1. The van der Waals surface area contributed by atoms with Crippen molar-refractivity contribution in [1.82, 2.24) is 10.2 Å². The first-order chi connectivity index (χ1) is 13.9. The number of benzene rings is 1. The molecule has 1 aromatic heterocycles. The molecule has 0 saturated carbocycles. The van der Waals surface area contributed by atoms with Crippen LogP contribution in [0.15, 0.2) is 41.8 Å². The lowest BCUT2D eigenvalue weighted by molar-refractivity contribution is -0.154. The first-order valence-corrected chi connectivity index (χ1v) is 10.3. The maximum Gasteiger partial charge on any atom is 0.327 e. The van der Waals surface area contributed by atoms with Crippen molar-refractivity contribution < 1.29 is 24.2 Å². The predicted molar refractivity (Wildman–Crippen MR) is 106 cm³/mol. The van der Waals surface area contributed by atoms with E-state index < -0.39 is 29.4 Å². The van der Waals surface area contributed by atoms with Crippen LogP contribution >= 0.6 is 11.3 Å². The number of aromatic hydroxyl groups is 1. The van der Waals surface area contributed by atoms with Crippen LogP contribution in [0.1, 0.15) is 23.4 Å². The van der Waals surface area contributed by atoms with Gasteiger partial charge in [-0.15, -0.1) is 11.3 Å². The summed E-state index contributed by atoms with van der Waals surface area (Å²) in [5.41, 5.74) is -0.622. The lowest BCUT2D eigenvalue weighted by atomic mass is 9.76. The van der Waals surface area contributed by atoms with E-state index >= 15 is 0 Å². The molecule has 4 rings (SSSR count). The van der Waals surface area contributed by atoms with Gasteiger partial charge in [-0.1, -0.05) is 18.2 Å². The van der Waals surface area contributed by atoms with Gasteiger partial charge in [-0.05, 0) is 36.1 Å². The molecule has 0 radical (unpaired) electrons. The second-order valence-corrected chi connectivity index (χ2v) is 8.35. The van der Waals surface area contributed by atoms with Crippen LogP contribution in [0.5, 0.6) is 5.75 Å². The Balaban J connectivity index is 1.84. The molecule has 0 bridgehead atoms. The Bertz CT molecular complexity index is 942. The summed E-state index contributed by atoms with van der Waals surface area (Å²) in [5.74, 6) is -2.60. The Hall–Kier alpha value is -2.71. The van der Waals surface area contributed by atoms with Crippen molar-refractivity contribution >= 4 is 29.1 Å². The first kappa shape index (κ1) is 19.6. The van der Waals surface area contributed by atoms with Gasteiger partial charge in [0.2, 0.25) is 11.8 Å². The van der Waals surface area contributed by atoms with Crippen LogP contribution < -0.4 is 5.32 Å². The topological polar surface area (TPSA) is 95.9 Å². The molecular weight excluding hydrogens is 392 g/mol. The zero-order chi connectivity index (χ0) is 20.8. The normalized spacial score (nSPS) is 28.6. The zero-order valence-corrected chi connectivity index (χ0v) is 16.9. The number of imide groups is 1. The fraction of sp³-hybridized carbons (Fsp3) is 0.381. The summed E-state index contributed by atoms with van der Waals surface area (Å²) in [7, 11) is 1.29. The standard InChI is InChI=1S/C21H22N2O5S/c1-3-23-18(25)15-16(19(23)26)21(20(27)28-2,11-12-6-8-13(24)9-7-12)22-17(15)14-5-4-10-29-14/h4-10,15-17,22,24H,3,11H2,1-2H3/t15-,16+,17-,21+/m0/s1. The highest BCUT2D eigenvalue weighted by molar-refractivity contribution is 7.10. The lowest BCUT2D eigenvalue weighted by Crippen LogP contribution is -2.57. The molecule has 4 atom stereocenters. The molecule has 2 amide bonds. The monoisotopic (exact) mass is 414 g/mol. The number of nitrogens with zero attached hydrogens (tertiary/aromatic N) is 1. The fourth-order valence-corrected chi connectivity index (χ4v) is 5.45. The molecule has 2 fully saturated rings. The number of thiophene rings is 1. The van der Waals surface area contributed by atoms with Gasteiger partial charge in [-0.25, -0.2) is 0 Å². The van der Waals surface area contributed by atoms with Crippen molar-refractivity contribution in [3.05, 3.63) is 52.2 Å². The van der Waals surface area contributed by atoms with Gasteiger partial charge < -0.3 is 9.84 Å². The molecule has 0 aliphatic carbocycles. The summed E-state index contributed by atoms with van der Waals surface area (Å²) in [6, 6.07) is 9.80. The molecule has 2 saturated heterocycles. The molecular formula is C21H22N2O5S. The number of ether oxygens (including phenoxy) is 1. The van der Waals surface area contributed by atoms with Crippen molar-refractivity contribution in [2.75, 3.05) is 13.7 Å². The Labute approximate surface area is 172 Å². The van der Waals surface area contributed by atoms with Gasteiger partial charge in [0, 0.05) is 17.8 Å². The molecule has 2 aliphatic heterocycles. The number of phenols is 1. The fourth-order valence-electron chi connectivity index (χ4n) is 4.63. The van der Waals surface area contributed by atoms with E-state index in [1.54, 1.807) is 19.1 Å². The molecule has 152 valence electrons. The minimum atomic E-state index is -1.37. The number of phenolic OH excluding ortho intramolecular Hbond substituents is 1. The van der Waals surface area contributed by atoms with Crippen LogP contribution in [0.25, 0.3) is 0 Å². The van der Waals surface area contributed by atoms with Gasteiger partial charge in [0.05, 0.1) is 25.0 Å². The molecule has 1 aromatic carbocycles. The Morgan fingerprint density at radius 2 is 1.97 bits per heavy atom. The van der Waals surface area contributed by atoms with Crippen LogP contribution in [0.2, 0.25) is 0 Å². The Morgan fingerprint density at radius 3 is 2.55 bits per heavy atom. The third-order valence-corrected chi connectivity index (χ3v) is 6.84. The molecule has 29 heavy (non-hydrogen) atoms. The molecule has 2 aromatic rings. The number of carbonyl (C=O) groups is 3. The number of rotatable bonds is 5. The average Bonchev–Trinajstić information content (AvgIpc) is 3.41. The van der Waals surface area contributed by atoms with Gasteiger partial charge in [0.25, 0.3) is 0 Å². The smallest absolute Gasteiger partial charge is 0.327 e. The number of methoxy groups -OCH3 is 1. The van der Waals surface area contributed by atoms with Crippen molar-refractivity contribution in [1.29, 1.82) is 0 Å². The quantitative estimate of drug-likeness (QED) is 0.573. The second kappa shape index (κ2) is 7.27. The highest BCUT2D eigenvalue weighted by atomic mass is 32.1. The van der Waals surface area contributed by atoms with E-state index in [-0.39, 0.29) is 30.5 Å². The van der Waals surface area contributed by atoms with Crippen LogP contribution in [0.3, 0.4) is 0 Å². The van der Waals surface area contributed by atoms with Crippen LogP contribution in [-0.2, 0) is 25.5 Å². The van der Waals surface area contributed by atoms with Gasteiger partial charge in [0.1, 0.15) is 11.3 Å². The predicted octanol–water partition coefficient (Wildman–Crippen LogP) is 1.87. The summed E-state index contributed by atoms with van der Waals surface area (Å²) in [6.45, 7) is 2.02. The molecule has 0 unspecified atom stereocenters. The highest BCUT2D eigenvalue weighted by Gasteiger charge is 2.68. The summed E-state index contributed by atoms with van der Waals surface area (Å²) in [6.07, 6.45) is 0.166. The van der Waals surface area contributed by atoms with E-state index in [9.17, 15) is 19.5 Å². The van der Waals surface area contributed by atoms with Crippen LogP contribution in [-0.4, -0.2) is 47.0 Å². The van der Waals surface area contributed by atoms with E-state index in [0.717, 1.165) is 10.4 Å². The molecule has 2 N–H and O–H groups in total. The number of hydrogen-bond acceptors (Lipinski definition) is 7. The SMILES string of the molecule is CCN1C(=O)[C@@H]2[C@H](c3cccs3)N[C@@](Cc3ccc(O)cc3)(C(=O)OC)[C@H]2C1=O. The molecule has 7 nitrogen and oxygen atoms in total. The minimum Gasteiger partial charge on any atom is -0.508 e. The van der Waals surface area contributed by atoms with Crippen molar-refractivity contribution in [3.8, 4) is 5.75 Å². The minimum absolute atomic E-state index is 0.110. The molecule has 3 heterocycles. The van der Waals surface area contributed by atoms with E-state index in [1.807, 2.05) is 17.5 Å². The van der Waals surface area contributed by atoms with Gasteiger partial charge >= 0.3 is 5.97 Å². The average molecular weight is 414 g/mol. The zero-order valence-electron chi connectivity index (χ0n) is 16.1. The lowest BCUT2D eigenvalue weighted by Gasteiger charge is -2.32. The number of hydrogen-bond donors (Lipinski definition) is 2. The van der Waals surface area contributed by atoms with Crippen LogP contribution in [0, 0.1) is 11.8 Å². The number of amides is 2. The van der Waals surface area contributed by atoms with Crippen molar-refractivity contribution in [2.24, 2.45) is 11.8 Å². The van der Waals surface area contributed by atoms with E-state index in [1.165, 1.54) is 35.5 Å². The summed E-state index contributed by atoms with van der Waals surface area (Å²) >= 11 is 1.48. The maximum atomic E-state index is 13.2. The molecule has 0 spiro atoms. The summed E-state index contributed by atoms with van der Waals surface area (Å²) in [5, 5.41) is 14.8. The second-order valence-electron chi connectivity index (χ2n) is 7.37. The van der Waals surface area contributed by atoms with E-state index in [2.05, 4.69) is 5.32 Å². The summed E-state index contributed by atoms with van der Waals surface area (Å²) in [4.78, 5) is 41.6. The van der Waals surface area contributed by atoms with Gasteiger partial charge in [0.15, 0.2) is 0 Å². The van der Waals surface area contributed by atoms with E-state index in [0.29, 0.717) is 0 Å². The van der Waals surface area contributed by atoms with Crippen LogP contribution in [0.4, 0.5) is 0 Å². The van der Waals surface area contributed by atoms with Gasteiger partial charge in [-0.2, -0.15) is 0 Å². The maximum absolute atomic E-state index is 13.2. The number of carbonyl (C=O) groups excluding carboxylic acids is 3. The number of esters is 1. The first-order valence-electron chi connectivity index (χ1n) is 9.45. The van der Waals surface area contributed by atoms with Crippen molar-refractivity contribution in [2.45, 2.75) is 24.9 Å².